The summed E-state index contributed by atoms with van der Waals surface area (Å²) in [4.78, 5) is 0. The van der Waals surface area contributed by atoms with Crippen molar-refractivity contribution in [1.29, 1.82) is 0 Å². The molecule has 0 unspecified atom stereocenters. The highest BCUT2D eigenvalue weighted by Crippen LogP contribution is 2.32. The van der Waals surface area contributed by atoms with Gasteiger partial charge in [0.15, 0.2) is 0 Å². The van der Waals surface area contributed by atoms with Crippen molar-refractivity contribution in [2.75, 3.05) is 5.88 Å². The van der Waals surface area contributed by atoms with Gasteiger partial charge in [0.1, 0.15) is 0 Å². The van der Waals surface area contributed by atoms with E-state index < -0.39 is 0 Å². The highest BCUT2D eigenvalue weighted by atomic mass is 35.5. The summed E-state index contributed by atoms with van der Waals surface area (Å²) in [5.74, 6) is 1.67. The topological polar surface area (TPSA) is 0 Å². The van der Waals surface area contributed by atoms with Crippen molar-refractivity contribution in [3.8, 4) is 0 Å². The second-order valence-corrected chi connectivity index (χ2v) is 3.43. The fourth-order valence-electron chi connectivity index (χ4n) is 1.31. The molecule has 0 amide bonds. The first kappa shape index (κ1) is 8.13. The van der Waals surface area contributed by atoms with Gasteiger partial charge in [-0.3, -0.25) is 0 Å². The maximum atomic E-state index is 5.57. The molecule has 0 atom stereocenters. The molecule has 58 valence electrons. The molecule has 0 nitrogen and oxygen atoms in total. The molecule has 0 radical (unpaired) electrons. The van der Waals surface area contributed by atoms with E-state index in [1.807, 2.05) is 0 Å². The first-order chi connectivity index (χ1) is 4.84. The summed E-state index contributed by atoms with van der Waals surface area (Å²) >= 11 is 5.57. The Morgan fingerprint density at radius 1 is 1.60 bits per heavy atom. The van der Waals surface area contributed by atoms with Gasteiger partial charge in [-0.25, -0.2) is 0 Å². The van der Waals surface area contributed by atoms with Gasteiger partial charge < -0.3 is 0 Å². The SMILES string of the molecule is CC(=CCCCl)C1CCC1. The molecule has 0 aromatic heterocycles. The lowest BCUT2D eigenvalue weighted by molar-refractivity contribution is 0.367. The van der Waals surface area contributed by atoms with Gasteiger partial charge in [-0.15, -0.1) is 11.6 Å². The average molecular weight is 159 g/mol. The van der Waals surface area contributed by atoms with Gasteiger partial charge in [-0.05, 0) is 32.1 Å². The highest BCUT2D eigenvalue weighted by molar-refractivity contribution is 6.17. The second-order valence-electron chi connectivity index (χ2n) is 3.05. The van der Waals surface area contributed by atoms with Crippen LogP contribution in [0.25, 0.3) is 0 Å². The zero-order valence-corrected chi connectivity index (χ0v) is 7.32. The molecule has 0 spiro atoms. The van der Waals surface area contributed by atoms with Crippen LogP contribution in [-0.4, -0.2) is 5.88 Å². The Balaban J connectivity index is 2.23. The van der Waals surface area contributed by atoms with E-state index in [0.29, 0.717) is 0 Å². The number of alkyl halides is 1. The molecule has 1 heteroatoms. The van der Waals surface area contributed by atoms with Gasteiger partial charge in [0.2, 0.25) is 0 Å². The minimum absolute atomic E-state index is 0.768. The molecule has 1 aliphatic carbocycles. The standard InChI is InChI=1S/C9H15Cl/c1-8(4-3-7-10)9-5-2-6-9/h4,9H,2-3,5-7H2,1H3. The van der Waals surface area contributed by atoms with E-state index in [4.69, 9.17) is 11.6 Å². The van der Waals surface area contributed by atoms with Crippen molar-refractivity contribution in [3.63, 3.8) is 0 Å². The molecule has 1 fully saturated rings. The number of halogens is 1. The molecule has 0 aliphatic heterocycles. The monoisotopic (exact) mass is 158 g/mol. The number of hydrogen-bond acceptors (Lipinski definition) is 0. The van der Waals surface area contributed by atoms with E-state index in [1.54, 1.807) is 5.57 Å². The van der Waals surface area contributed by atoms with Gasteiger partial charge in [-0.1, -0.05) is 18.1 Å². The third-order valence-corrected chi connectivity index (χ3v) is 2.54. The largest absolute Gasteiger partial charge is 0.126 e. The van der Waals surface area contributed by atoms with Crippen molar-refractivity contribution in [2.45, 2.75) is 32.6 Å². The summed E-state index contributed by atoms with van der Waals surface area (Å²) in [6.45, 7) is 2.23. The second kappa shape index (κ2) is 4.02. The molecule has 10 heavy (non-hydrogen) atoms. The van der Waals surface area contributed by atoms with Crippen LogP contribution in [0.4, 0.5) is 0 Å². The molecule has 0 N–H and O–H groups in total. The highest BCUT2D eigenvalue weighted by Gasteiger charge is 2.17. The Morgan fingerprint density at radius 3 is 2.70 bits per heavy atom. The molecule has 0 heterocycles. The average Bonchev–Trinajstić information content (AvgIpc) is 1.79. The molecule has 0 aromatic rings. The minimum atomic E-state index is 0.768. The van der Waals surface area contributed by atoms with Crippen molar-refractivity contribution < 1.29 is 0 Å². The zero-order chi connectivity index (χ0) is 7.40. The van der Waals surface area contributed by atoms with E-state index in [-0.39, 0.29) is 0 Å². The number of allylic oxidation sites excluding steroid dienone is 2. The van der Waals surface area contributed by atoms with Crippen LogP contribution in [0.5, 0.6) is 0 Å². The van der Waals surface area contributed by atoms with Crippen LogP contribution in [0.3, 0.4) is 0 Å². The first-order valence-electron chi connectivity index (χ1n) is 4.07. The van der Waals surface area contributed by atoms with E-state index in [2.05, 4.69) is 13.0 Å². The summed E-state index contributed by atoms with van der Waals surface area (Å²) in [6, 6.07) is 0. The summed E-state index contributed by atoms with van der Waals surface area (Å²) in [7, 11) is 0. The third kappa shape index (κ3) is 2.02. The van der Waals surface area contributed by atoms with E-state index in [9.17, 15) is 0 Å². The van der Waals surface area contributed by atoms with Crippen LogP contribution in [0.2, 0.25) is 0 Å². The third-order valence-electron chi connectivity index (χ3n) is 2.32. The molecule has 0 saturated heterocycles. The maximum absolute atomic E-state index is 5.57. The minimum Gasteiger partial charge on any atom is -0.126 e. The Bertz CT molecular complexity index is 123. The van der Waals surface area contributed by atoms with Gasteiger partial charge in [0.25, 0.3) is 0 Å². The Kier molecular flexibility index (Phi) is 3.27. The summed E-state index contributed by atoms with van der Waals surface area (Å²) < 4.78 is 0. The lowest BCUT2D eigenvalue weighted by Crippen LogP contribution is -2.11. The van der Waals surface area contributed by atoms with E-state index in [1.165, 1.54) is 19.3 Å². The van der Waals surface area contributed by atoms with E-state index in [0.717, 1.165) is 18.2 Å². The summed E-state index contributed by atoms with van der Waals surface area (Å²) in [5, 5.41) is 0. The zero-order valence-electron chi connectivity index (χ0n) is 6.57. The van der Waals surface area contributed by atoms with Gasteiger partial charge in [0.05, 0.1) is 0 Å². The van der Waals surface area contributed by atoms with Gasteiger partial charge >= 0.3 is 0 Å². The fraction of sp³-hybridized carbons (Fsp3) is 0.778. The molecule has 1 aliphatic rings. The first-order valence-corrected chi connectivity index (χ1v) is 4.60. The Hall–Kier alpha value is 0.0300. The van der Waals surface area contributed by atoms with Crippen LogP contribution in [0, 0.1) is 5.92 Å². The van der Waals surface area contributed by atoms with Gasteiger partial charge in [-0.2, -0.15) is 0 Å². The molecular weight excluding hydrogens is 144 g/mol. The molecule has 0 bridgehead atoms. The van der Waals surface area contributed by atoms with Crippen molar-refractivity contribution in [1.82, 2.24) is 0 Å². The van der Waals surface area contributed by atoms with Crippen LogP contribution < -0.4 is 0 Å². The maximum Gasteiger partial charge on any atom is 0.0258 e. The predicted molar refractivity (Wildman–Crippen MR) is 46.4 cm³/mol. The van der Waals surface area contributed by atoms with Crippen molar-refractivity contribution >= 4 is 11.6 Å². The van der Waals surface area contributed by atoms with E-state index >= 15 is 0 Å². The van der Waals surface area contributed by atoms with Crippen LogP contribution in [0.1, 0.15) is 32.6 Å². The Morgan fingerprint density at radius 2 is 2.30 bits per heavy atom. The quantitative estimate of drug-likeness (QED) is 0.437. The van der Waals surface area contributed by atoms with Crippen molar-refractivity contribution in [2.24, 2.45) is 5.92 Å². The lowest BCUT2D eigenvalue weighted by Gasteiger charge is -2.26. The number of rotatable bonds is 3. The molecule has 1 saturated carbocycles. The number of hydrogen-bond donors (Lipinski definition) is 0. The normalized spacial score (nSPS) is 20.8. The Labute approximate surface area is 68.3 Å². The fourth-order valence-corrected chi connectivity index (χ4v) is 1.42. The molecule has 1 rings (SSSR count). The molecule has 0 aromatic carbocycles. The lowest BCUT2D eigenvalue weighted by atomic mass is 9.80. The smallest absolute Gasteiger partial charge is 0.0258 e. The predicted octanol–water partition coefficient (Wildman–Crippen LogP) is 3.36. The summed E-state index contributed by atoms with van der Waals surface area (Å²) in [5.41, 5.74) is 1.56. The van der Waals surface area contributed by atoms with Crippen LogP contribution in [-0.2, 0) is 0 Å². The van der Waals surface area contributed by atoms with Crippen LogP contribution >= 0.6 is 11.6 Å². The van der Waals surface area contributed by atoms with Crippen LogP contribution in [0.15, 0.2) is 11.6 Å². The molecular formula is C9H15Cl. The van der Waals surface area contributed by atoms with Crippen molar-refractivity contribution in [3.05, 3.63) is 11.6 Å². The summed E-state index contributed by atoms with van der Waals surface area (Å²) in [6.07, 6.45) is 7.58. The van der Waals surface area contributed by atoms with Gasteiger partial charge in [0, 0.05) is 5.88 Å².